The van der Waals surface area contributed by atoms with Crippen molar-refractivity contribution in [2.24, 2.45) is 0 Å². The molecule has 0 saturated heterocycles. The predicted octanol–water partition coefficient (Wildman–Crippen LogP) is 2.96. The highest BCUT2D eigenvalue weighted by Crippen LogP contribution is 2.21. The third-order valence-electron chi connectivity index (χ3n) is 3.42. The first-order valence-electron chi connectivity index (χ1n) is 6.83. The van der Waals surface area contributed by atoms with E-state index in [1.807, 2.05) is 12.3 Å². The van der Waals surface area contributed by atoms with Gasteiger partial charge in [-0.25, -0.2) is 18.7 Å². The molecule has 0 fully saturated rings. The second-order valence-corrected chi connectivity index (χ2v) is 5.92. The van der Waals surface area contributed by atoms with E-state index in [0.717, 1.165) is 22.8 Å². The van der Waals surface area contributed by atoms with E-state index in [1.54, 1.807) is 7.11 Å². The highest BCUT2D eigenvalue weighted by molar-refractivity contribution is 7.09. The fourth-order valence-corrected chi connectivity index (χ4v) is 2.98. The van der Waals surface area contributed by atoms with Crippen LogP contribution in [0.25, 0.3) is 10.9 Å². The van der Waals surface area contributed by atoms with Crippen LogP contribution in [0.1, 0.15) is 29.6 Å². The van der Waals surface area contributed by atoms with Gasteiger partial charge in [-0.1, -0.05) is 0 Å². The topological polar surface area (TPSA) is 67.9 Å². The van der Waals surface area contributed by atoms with E-state index in [-0.39, 0.29) is 23.4 Å². The van der Waals surface area contributed by atoms with Crippen LogP contribution in [0, 0.1) is 11.6 Å². The summed E-state index contributed by atoms with van der Waals surface area (Å²) in [6.45, 7) is 1.89. The van der Waals surface area contributed by atoms with E-state index < -0.39 is 17.2 Å². The summed E-state index contributed by atoms with van der Waals surface area (Å²) in [5.41, 5.74) is 0.326. The number of benzene rings is 1. The summed E-state index contributed by atoms with van der Waals surface area (Å²) >= 11 is 1.45. The van der Waals surface area contributed by atoms with E-state index in [0.29, 0.717) is 5.82 Å². The molecule has 0 bridgehead atoms. The zero-order valence-corrected chi connectivity index (χ0v) is 13.2. The minimum atomic E-state index is -1.07. The highest BCUT2D eigenvalue weighted by atomic mass is 32.1. The van der Waals surface area contributed by atoms with Crippen molar-refractivity contribution in [1.29, 1.82) is 0 Å². The summed E-state index contributed by atoms with van der Waals surface area (Å²) in [6, 6.07) is 1.77. The van der Waals surface area contributed by atoms with Crippen molar-refractivity contribution in [1.82, 2.24) is 15.0 Å². The number of fused-ring (bicyclic) bond motifs is 1. The molecule has 0 saturated carbocycles. The molecule has 0 aliphatic rings. The van der Waals surface area contributed by atoms with Gasteiger partial charge in [0, 0.05) is 25.0 Å². The molecular weight excluding hydrogens is 324 g/mol. The number of nitrogens with one attached hydrogen (secondary N) is 1. The number of rotatable bonds is 4. The molecule has 23 heavy (non-hydrogen) atoms. The largest absolute Gasteiger partial charge is 0.375 e. The zero-order valence-electron chi connectivity index (χ0n) is 12.4. The normalized spacial score (nSPS) is 12.7. The van der Waals surface area contributed by atoms with Crippen LogP contribution in [0.4, 0.5) is 8.78 Å². The van der Waals surface area contributed by atoms with Gasteiger partial charge in [0.2, 0.25) is 0 Å². The smallest absolute Gasteiger partial charge is 0.258 e. The number of thiazole rings is 1. The van der Waals surface area contributed by atoms with Crippen molar-refractivity contribution in [3.63, 3.8) is 0 Å². The molecule has 2 heterocycles. The third kappa shape index (κ3) is 3.13. The van der Waals surface area contributed by atoms with Crippen molar-refractivity contribution in [2.45, 2.75) is 19.4 Å². The summed E-state index contributed by atoms with van der Waals surface area (Å²) in [6.07, 6.45) is 0.173. The molecule has 1 N–H and O–H groups in total. The third-order valence-corrected chi connectivity index (χ3v) is 4.47. The Morgan fingerprint density at radius 3 is 2.78 bits per heavy atom. The Kier molecular flexibility index (Phi) is 4.18. The van der Waals surface area contributed by atoms with Gasteiger partial charge in [-0.05, 0) is 13.0 Å². The van der Waals surface area contributed by atoms with Crippen LogP contribution in [0.15, 0.2) is 22.3 Å². The summed E-state index contributed by atoms with van der Waals surface area (Å²) in [5.74, 6) is -1.77. The average Bonchev–Trinajstić information content (AvgIpc) is 2.97. The van der Waals surface area contributed by atoms with Gasteiger partial charge >= 0.3 is 0 Å². The minimum absolute atomic E-state index is 0.0135. The Labute approximate surface area is 134 Å². The second kappa shape index (κ2) is 6.13. The zero-order chi connectivity index (χ0) is 16.6. The molecule has 0 radical (unpaired) electrons. The summed E-state index contributed by atoms with van der Waals surface area (Å²) in [4.78, 5) is 23.2. The fourth-order valence-electron chi connectivity index (χ4n) is 2.13. The Bertz CT molecular complexity index is 923. The van der Waals surface area contributed by atoms with E-state index in [9.17, 15) is 13.6 Å². The molecule has 120 valence electrons. The van der Waals surface area contributed by atoms with Gasteiger partial charge in [0.15, 0.2) is 11.6 Å². The fraction of sp³-hybridized carbons (Fsp3) is 0.267. The average molecular weight is 337 g/mol. The number of methoxy groups -OCH3 is 1. The first kappa shape index (κ1) is 15.7. The molecule has 0 spiro atoms. The Hall–Kier alpha value is -2.19. The molecule has 0 amide bonds. The Morgan fingerprint density at radius 1 is 1.30 bits per heavy atom. The quantitative estimate of drug-likeness (QED) is 0.795. The van der Waals surface area contributed by atoms with Crippen molar-refractivity contribution < 1.29 is 13.5 Å². The van der Waals surface area contributed by atoms with Gasteiger partial charge in [-0.15, -0.1) is 11.3 Å². The number of halogens is 2. The standard InChI is InChI=1S/C15H13F2N3O2S/c1-7(22-2)15-18-8(6-23-15)3-13-19-12-5-11(17)10(16)4-9(12)14(21)20-13/h4-7H,3H2,1-2H3,(H,19,20,21)/t7-/m0/s1. The van der Waals surface area contributed by atoms with Crippen LogP contribution in [0.3, 0.4) is 0 Å². The van der Waals surface area contributed by atoms with Crippen LogP contribution >= 0.6 is 11.3 Å². The van der Waals surface area contributed by atoms with Crippen LogP contribution in [-0.2, 0) is 11.2 Å². The molecular formula is C15H13F2N3O2S. The lowest BCUT2D eigenvalue weighted by atomic mass is 10.2. The van der Waals surface area contributed by atoms with Crippen molar-refractivity contribution in [2.75, 3.05) is 7.11 Å². The second-order valence-electron chi connectivity index (χ2n) is 5.03. The maximum Gasteiger partial charge on any atom is 0.258 e. The van der Waals surface area contributed by atoms with E-state index in [4.69, 9.17) is 4.74 Å². The Balaban J connectivity index is 1.96. The van der Waals surface area contributed by atoms with Gasteiger partial charge in [-0.2, -0.15) is 0 Å². The van der Waals surface area contributed by atoms with Crippen LogP contribution < -0.4 is 5.56 Å². The molecule has 5 nitrogen and oxygen atoms in total. The van der Waals surface area contributed by atoms with Crippen LogP contribution in [0.5, 0.6) is 0 Å². The maximum absolute atomic E-state index is 13.3. The van der Waals surface area contributed by atoms with Gasteiger partial charge in [-0.3, -0.25) is 4.79 Å². The molecule has 8 heteroatoms. The summed E-state index contributed by atoms with van der Waals surface area (Å²) in [5, 5.41) is 2.68. The maximum atomic E-state index is 13.3. The molecule has 3 rings (SSSR count). The number of ether oxygens (including phenoxy) is 1. The van der Waals surface area contributed by atoms with Gasteiger partial charge in [0.05, 0.1) is 16.6 Å². The van der Waals surface area contributed by atoms with E-state index in [2.05, 4.69) is 15.0 Å². The van der Waals surface area contributed by atoms with Gasteiger partial charge in [0.25, 0.3) is 5.56 Å². The summed E-state index contributed by atoms with van der Waals surface area (Å²) in [7, 11) is 1.60. The van der Waals surface area contributed by atoms with E-state index >= 15 is 0 Å². The molecule has 1 atom stereocenters. The lowest BCUT2D eigenvalue weighted by Crippen LogP contribution is -2.13. The molecule has 0 aliphatic carbocycles. The predicted molar refractivity (Wildman–Crippen MR) is 82.6 cm³/mol. The number of hydrogen-bond acceptors (Lipinski definition) is 5. The van der Waals surface area contributed by atoms with E-state index in [1.165, 1.54) is 11.3 Å². The lowest BCUT2D eigenvalue weighted by molar-refractivity contribution is 0.119. The lowest BCUT2D eigenvalue weighted by Gasteiger charge is -2.04. The number of hydrogen-bond donors (Lipinski definition) is 1. The van der Waals surface area contributed by atoms with Crippen molar-refractivity contribution in [3.05, 3.63) is 56.0 Å². The number of H-pyrrole nitrogens is 1. The van der Waals surface area contributed by atoms with Crippen molar-refractivity contribution >= 4 is 22.2 Å². The highest BCUT2D eigenvalue weighted by Gasteiger charge is 2.13. The molecule has 0 aliphatic heterocycles. The minimum Gasteiger partial charge on any atom is -0.375 e. The van der Waals surface area contributed by atoms with Crippen LogP contribution in [-0.4, -0.2) is 22.1 Å². The van der Waals surface area contributed by atoms with Gasteiger partial charge < -0.3 is 9.72 Å². The number of nitrogens with zero attached hydrogens (tertiary/aromatic N) is 2. The molecule has 2 aromatic heterocycles. The Morgan fingerprint density at radius 2 is 2.04 bits per heavy atom. The van der Waals surface area contributed by atoms with Crippen molar-refractivity contribution in [3.8, 4) is 0 Å². The molecule has 1 aromatic carbocycles. The van der Waals surface area contributed by atoms with Gasteiger partial charge in [0.1, 0.15) is 16.9 Å². The number of aromatic nitrogens is 3. The monoisotopic (exact) mass is 337 g/mol. The first-order chi connectivity index (χ1) is 11.0. The number of aromatic amines is 1. The summed E-state index contributed by atoms with van der Waals surface area (Å²) < 4.78 is 31.7. The first-order valence-corrected chi connectivity index (χ1v) is 7.71. The molecule has 3 aromatic rings. The SMILES string of the molecule is CO[C@@H](C)c1nc(Cc2nc3cc(F)c(F)cc3c(=O)[nH]2)cs1. The molecule has 0 unspecified atom stereocenters. The van der Waals surface area contributed by atoms with Crippen LogP contribution in [0.2, 0.25) is 0 Å².